The first-order valence-electron chi connectivity index (χ1n) is 4.39. The number of nitrogens with two attached hydrogens (primary N) is 1. The molecule has 4 heteroatoms. The van der Waals surface area contributed by atoms with E-state index in [4.69, 9.17) is 5.90 Å². The van der Waals surface area contributed by atoms with Gasteiger partial charge in [0.25, 0.3) is 0 Å². The summed E-state index contributed by atoms with van der Waals surface area (Å²) < 4.78 is 0. The zero-order chi connectivity index (χ0) is 9.23. The summed E-state index contributed by atoms with van der Waals surface area (Å²) in [6, 6.07) is 0. The highest BCUT2D eigenvalue weighted by atomic mass is 16.6. The van der Waals surface area contributed by atoms with Gasteiger partial charge in [0.05, 0.1) is 0 Å². The molecule has 0 fully saturated rings. The standard InChI is InChI=1S/C8H18N2O2/c1-2-3-4-5-6-10-8(11)7-12-9/h2-7,9H2,1H3,(H,10,11). The minimum Gasteiger partial charge on any atom is -0.354 e. The molecular formula is C8H18N2O2. The summed E-state index contributed by atoms with van der Waals surface area (Å²) in [7, 11) is 0. The van der Waals surface area contributed by atoms with Gasteiger partial charge in [0, 0.05) is 6.54 Å². The van der Waals surface area contributed by atoms with E-state index in [1.54, 1.807) is 0 Å². The van der Waals surface area contributed by atoms with Crippen molar-refractivity contribution in [1.82, 2.24) is 5.32 Å². The number of amides is 1. The molecule has 0 unspecified atom stereocenters. The van der Waals surface area contributed by atoms with Crippen LogP contribution >= 0.6 is 0 Å². The molecule has 72 valence electrons. The largest absolute Gasteiger partial charge is 0.354 e. The fourth-order valence-electron chi connectivity index (χ4n) is 0.906. The maximum Gasteiger partial charge on any atom is 0.248 e. The van der Waals surface area contributed by atoms with Gasteiger partial charge in [0.2, 0.25) is 5.91 Å². The lowest BCUT2D eigenvalue weighted by Gasteiger charge is -2.02. The van der Waals surface area contributed by atoms with Crippen LogP contribution in [0.1, 0.15) is 32.6 Å². The number of hydrogen-bond acceptors (Lipinski definition) is 3. The number of carbonyl (C=O) groups excluding carboxylic acids is 1. The molecule has 0 aromatic rings. The number of rotatable bonds is 7. The highest BCUT2D eigenvalue weighted by molar-refractivity contribution is 5.77. The Morgan fingerprint density at radius 2 is 2.17 bits per heavy atom. The van der Waals surface area contributed by atoms with E-state index in [9.17, 15) is 4.79 Å². The first kappa shape index (κ1) is 11.4. The molecule has 3 N–H and O–H groups in total. The van der Waals surface area contributed by atoms with Gasteiger partial charge >= 0.3 is 0 Å². The van der Waals surface area contributed by atoms with Crippen molar-refractivity contribution >= 4 is 5.91 Å². The molecule has 0 atom stereocenters. The SMILES string of the molecule is CCCCCCNC(=O)CON. The molecule has 0 saturated carbocycles. The predicted molar refractivity (Wildman–Crippen MR) is 47.3 cm³/mol. The lowest BCUT2D eigenvalue weighted by Crippen LogP contribution is -2.29. The Labute approximate surface area is 73.4 Å². The Balaban J connectivity index is 3.03. The molecule has 0 heterocycles. The fourth-order valence-corrected chi connectivity index (χ4v) is 0.906. The molecule has 0 aliphatic heterocycles. The Kier molecular flexibility index (Phi) is 8.05. The third-order valence-electron chi connectivity index (χ3n) is 1.57. The van der Waals surface area contributed by atoms with Crippen LogP contribution in [0.4, 0.5) is 0 Å². The molecule has 0 aromatic carbocycles. The van der Waals surface area contributed by atoms with Crippen molar-refractivity contribution in [2.45, 2.75) is 32.6 Å². The lowest BCUT2D eigenvalue weighted by molar-refractivity contribution is -0.125. The van der Waals surface area contributed by atoms with E-state index in [1.807, 2.05) is 0 Å². The van der Waals surface area contributed by atoms with Crippen LogP contribution in [0.5, 0.6) is 0 Å². The highest BCUT2D eigenvalue weighted by Crippen LogP contribution is 1.96. The van der Waals surface area contributed by atoms with Crippen LogP contribution in [0.25, 0.3) is 0 Å². The molecule has 0 aromatic heterocycles. The van der Waals surface area contributed by atoms with Gasteiger partial charge in [-0.1, -0.05) is 26.2 Å². The molecule has 0 aliphatic rings. The zero-order valence-electron chi connectivity index (χ0n) is 7.64. The molecule has 12 heavy (non-hydrogen) atoms. The van der Waals surface area contributed by atoms with Crippen molar-refractivity contribution in [1.29, 1.82) is 0 Å². The molecule has 1 amide bonds. The monoisotopic (exact) mass is 174 g/mol. The summed E-state index contributed by atoms with van der Waals surface area (Å²) in [5.74, 6) is 4.58. The first-order chi connectivity index (χ1) is 5.81. The predicted octanol–water partition coefficient (Wildman–Crippen LogP) is 0.573. The van der Waals surface area contributed by atoms with Gasteiger partial charge in [-0.25, -0.2) is 5.90 Å². The summed E-state index contributed by atoms with van der Waals surface area (Å²) >= 11 is 0. The van der Waals surface area contributed by atoms with E-state index < -0.39 is 0 Å². The van der Waals surface area contributed by atoms with Crippen molar-refractivity contribution in [2.24, 2.45) is 5.90 Å². The third-order valence-corrected chi connectivity index (χ3v) is 1.57. The quantitative estimate of drug-likeness (QED) is 0.438. The van der Waals surface area contributed by atoms with Crippen molar-refractivity contribution in [3.05, 3.63) is 0 Å². The van der Waals surface area contributed by atoms with Crippen LogP contribution in [0, 0.1) is 0 Å². The van der Waals surface area contributed by atoms with E-state index >= 15 is 0 Å². The van der Waals surface area contributed by atoms with Gasteiger partial charge in [-0.3, -0.25) is 9.63 Å². The summed E-state index contributed by atoms with van der Waals surface area (Å²) in [5.41, 5.74) is 0. The maximum atomic E-state index is 10.8. The van der Waals surface area contributed by atoms with Crippen LogP contribution in [-0.2, 0) is 9.63 Å². The molecule has 0 rings (SSSR count). The van der Waals surface area contributed by atoms with Gasteiger partial charge in [-0.15, -0.1) is 0 Å². The molecule has 0 aliphatic carbocycles. The van der Waals surface area contributed by atoms with Crippen molar-refractivity contribution in [2.75, 3.05) is 13.2 Å². The number of hydrogen-bond donors (Lipinski definition) is 2. The minimum atomic E-state index is -0.144. The topological polar surface area (TPSA) is 64.3 Å². The van der Waals surface area contributed by atoms with E-state index in [2.05, 4.69) is 17.1 Å². The Hall–Kier alpha value is -0.610. The fraction of sp³-hybridized carbons (Fsp3) is 0.875. The summed E-state index contributed by atoms with van der Waals surface area (Å²) in [6.45, 7) is 2.83. The summed E-state index contributed by atoms with van der Waals surface area (Å²) in [5, 5.41) is 2.70. The summed E-state index contributed by atoms with van der Waals surface area (Å²) in [6.07, 6.45) is 4.63. The first-order valence-corrected chi connectivity index (χ1v) is 4.39. The van der Waals surface area contributed by atoms with Gasteiger partial charge in [-0.2, -0.15) is 0 Å². The van der Waals surface area contributed by atoms with E-state index in [0.717, 1.165) is 13.0 Å². The third kappa shape index (κ3) is 7.50. The molecule has 0 saturated heterocycles. The van der Waals surface area contributed by atoms with Crippen molar-refractivity contribution in [3.63, 3.8) is 0 Å². The molecule has 0 spiro atoms. The number of unbranched alkanes of at least 4 members (excludes halogenated alkanes) is 3. The van der Waals surface area contributed by atoms with Crippen LogP contribution in [0.3, 0.4) is 0 Å². The van der Waals surface area contributed by atoms with Crippen LogP contribution < -0.4 is 11.2 Å². The van der Waals surface area contributed by atoms with E-state index in [0.29, 0.717) is 0 Å². The van der Waals surface area contributed by atoms with E-state index in [-0.39, 0.29) is 12.5 Å². The Bertz CT molecular complexity index is 118. The second-order valence-electron chi connectivity index (χ2n) is 2.72. The normalized spacial score (nSPS) is 9.83. The second-order valence-corrected chi connectivity index (χ2v) is 2.72. The van der Waals surface area contributed by atoms with Crippen LogP contribution in [0.2, 0.25) is 0 Å². The average Bonchev–Trinajstić information content (AvgIpc) is 2.05. The van der Waals surface area contributed by atoms with Crippen molar-refractivity contribution in [3.8, 4) is 0 Å². The second kappa shape index (κ2) is 8.49. The number of carbonyl (C=O) groups is 1. The molecule has 0 radical (unpaired) electrons. The highest BCUT2D eigenvalue weighted by Gasteiger charge is 1.97. The summed E-state index contributed by atoms with van der Waals surface area (Å²) in [4.78, 5) is 14.9. The minimum absolute atomic E-state index is 0.0478. The van der Waals surface area contributed by atoms with Crippen molar-refractivity contribution < 1.29 is 9.63 Å². The zero-order valence-corrected chi connectivity index (χ0v) is 7.64. The van der Waals surface area contributed by atoms with Gasteiger partial charge in [0.1, 0.15) is 6.61 Å². The van der Waals surface area contributed by atoms with Gasteiger partial charge < -0.3 is 5.32 Å². The van der Waals surface area contributed by atoms with Gasteiger partial charge in [0.15, 0.2) is 0 Å². The molecule has 4 nitrogen and oxygen atoms in total. The van der Waals surface area contributed by atoms with Gasteiger partial charge in [-0.05, 0) is 6.42 Å². The smallest absolute Gasteiger partial charge is 0.248 e. The number of nitrogens with one attached hydrogen (secondary N) is 1. The van der Waals surface area contributed by atoms with E-state index in [1.165, 1.54) is 19.3 Å². The molecular weight excluding hydrogens is 156 g/mol. The Morgan fingerprint density at radius 1 is 1.42 bits per heavy atom. The lowest BCUT2D eigenvalue weighted by atomic mass is 10.2. The maximum absolute atomic E-state index is 10.8. The van der Waals surface area contributed by atoms with Crippen LogP contribution in [-0.4, -0.2) is 19.1 Å². The Morgan fingerprint density at radius 3 is 2.75 bits per heavy atom. The average molecular weight is 174 g/mol. The van der Waals surface area contributed by atoms with Crippen LogP contribution in [0.15, 0.2) is 0 Å². The molecule has 0 bridgehead atoms.